The molecule has 0 aliphatic carbocycles. The first-order valence-electron chi connectivity index (χ1n) is 11.4. The summed E-state index contributed by atoms with van der Waals surface area (Å²) in [5.41, 5.74) is 1.59. The molecule has 1 N–H and O–H groups in total. The lowest BCUT2D eigenvalue weighted by Gasteiger charge is -2.36. The fraction of sp³-hybridized carbons (Fsp3) is 0.500. The van der Waals surface area contributed by atoms with E-state index in [0.717, 1.165) is 12.8 Å². The van der Waals surface area contributed by atoms with Crippen molar-refractivity contribution in [3.63, 3.8) is 0 Å². The highest BCUT2D eigenvalue weighted by atomic mass is 19.1. The minimum Gasteiger partial charge on any atom is -0.336 e. The molecule has 2 aromatic rings. The number of carbonyl (C=O) groups is 2. The van der Waals surface area contributed by atoms with E-state index in [2.05, 4.69) is 4.98 Å². The lowest BCUT2D eigenvalue weighted by atomic mass is 9.99. The van der Waals surface area contributed by atoms with Crippen molar-refractivity contribution in [1.29, 1.82) is 0 Å². The summed E-state index contributed by atoms with van der Waals surface area (Å²) in [6.45, 7) is 3.25. The molecule has 0 bridgehead atoms. The number of aromatic amines is 1. The third-order valence-electron chi connectivity index (χ3n) is 6.45. The largest absolute Gasteiger partial charge is 0.336 e. The standard InChI is InChI=1S/C24H29FN4O3/c1-2-21(30)28-14-12-17-19(15-28)26-23(27-24(17)32)20-9-5-6-13-29(20)22(31)11-10-16-7-3-4-8-18(16)25/h3-4,7-8,20H,2,5-6,9-15H2,1H3,(H,26,27,32)/t20-/m0/s1. The van der Waals surface area contributed by atoms with Crippen molar-refractivity contribution >= 4 is 11.8 Å². The molecule has 4 rings (SSSR count). The lowest BCUT2D eigenvalue weighted by molar-refractivity contribution is -0.135. The van der Waals surface area contributed by atoms with Crippen molar-refractivity contribution in [2.45, 2.75) is 64.5 Å². The topological polar surface area (TPSA) is 86.4 Å². The Hall–Kier alpha value is -3.03. The minimum atomic E-state index is -0.313. The van der Waals surface area contributed by atoms with Gasteiger partial charge in [0.15, 0.2) is 0 Å². The minimum absolute atomic E-state index is 0.0434. The molecule has 170 valence electrons. The number of hydrogen-bond acceptors (Lipinski definition) is 4. The lowest BCUT2D eigenvalue weighted by Crippen LogP contribution is -2.42. The van der Waals surface area contributed by atoms with E-state index in [1.807, 2.05) is 6.92 Å². The van der Waals surface area contributed by atoms with Crippen LogP contribution in [-0.2, 0) is 29.0 Å². The number of halogens is 1. The smallest absolute Gasteiger partial charge is 0.254 e. The first-order chi connectivity index (χ1) is 15.5. The number of aryl methyl sites for hydroxylation is 1. The van der Waals surface area contributed by atoms with Crippen LogP contribution in [0.15, 0.2) is 29.1 Å². The molecular formula is C24H29FN4O3. The summed E-state index contributed by atoms with van der Waals surface area (Å²) in [5.74, 6) is 0.156. The van der Waals surface area contributed by atoms with Crippen LogP contribution in [0, 0.1) is 5.82 Å². The summed E-state index contributed by atoms with van der Waals surface area (Å²) in [7, 11) is 0. The van der Waals surface area contributed by atoms with Crippen LogP contribution in [0.25, 0.3) is 0 Å². The monoisotopic (exact) mass is 440 g/mol. The molecule has 0 unspecified atom stereocenters. The van der Waals surface area contributed by atoms with Crippen molar-refractivity contribution in [3.05, 3.63) is 63.1 Å². The Kier molecular flexibility index (Phi) is 6.67. The first-order valence-corrected chi connectivity index (χ1v) is 11.4. The van der Waals surface area contributed by atoms with Crippen LogP contribution < -0.4 is 5.56 Å². The van der Waals surface area contributed by atoms with Crippen molar-refractivity contribution < 1.29 is 14.0 Å². The summed E-state index contributed by atoms with van der Waals surface area (Å²) in [6, 6.07) is 6.18. The van der Waals surface area contributed by atoms with Crippen molar-refractivity contribution in [1.82, 2.24) is 19.8 Å². The summed E-state index contributed by atoms with van der Waals surface area (Å²) in [5, 5.41) is 0. The molecule has 1 atom stereocenters. The Morgan fingerprint density at radius 3 is 2.78 bits per heavy atom. The third-order valence-corrected chi connectivity index (χ3v) is 6.45. The van der Waals surface area contributed by atoms with Gasteiger partial charge in [-0.3, -0.25) is 14.4 Å². The van der Waals surface area contributed by atoms with Gasteiger partial charge < -0.3 is 14.8 Å². The Bertz CT molecular complexity index is 1070. The number of fused-ring (bicyclic) bond motifs is 1. The average molecular weight is 441 g/mol. The van der Waals surface area contributed by atoms with Crippen molar-refractivity contribution in [3.8, 4) is 0 Å². The Morgan fingerprint density at radius 2 is 2.00 bits per heavy atom. The van der Waals surface area contributed by atoms with E-state index >= 15 is 0 Å². The molecule has 8 heteroatoms. The summed E-state index contributed by atoms with van der Waals surface area (Å²) in [6.07, 6.45) is 3.96. The maximum Gasteiger partial charge on any atom is 0.254 e. The van der Waals surface area contributed by atoms with Gasteiger partial charge in [-0.1, -0.05) is 25.1 Å². The zero-order valence-corrected chi connectivity index (χ0v) is 18.4. The second kappa shape index (κ2) is 9.63. The second-order valence-corrected chi connectivity index (χ2v) is 8.49. The number of hydrogen-bond donors (Lipinski definition) is 1. The SMILES string of the molecule is CCC(=O)N1CCc2c(nc([C@@H]3CCCCN3C(=O)CCc3ccccc3F)[nH]c2=O)C1. The predicted octanol–water partition coefficient (Wildman–Crippen LogP) is 2.89. The quantitative estimate of drug-likeness (QED) is 0.775. The zero-order chi connectivity index (χ0) is 22.7. The first kappa shape index (κ1) is 22.2. The number of rotatable bonds is 5. The fourth-order valence-electron chi connectivity index (χ4n) is 4.65. The molecule has 3 heterocycles. The van der Waals surface area contributed by atoms with E-state index in [0.29, 0.717) is 68.0 Å². The number of benzene rings is 1. The van der Waals surface area contributed by atoms with Gasteiger partial charge in [-0.25, -0.2) is 9.37 Å². The number of H-pyrrole nitrogens is 1. The van der Waals surface area contributed by atoms with E-state index in [1.165, 1.54) is 6.07 Å². The summed E-state index contributed by atoms with van der Waals surface area (Å²) < 4.78 is 13.9. The van der Waals surface area contributed by atoms with Crippen LogP contribution in [0.5, 0.6) is 0 Å². The van der Waals surface area contributed by atoms with Crippen LogP contribution >= 0.6 is 0 Å². The molecule has 2 aliphatic rings. The molecule has 1 aromatic carbocycles. The fourth-order valence-corrected chi connectivity index (χ4v) is 4.65. The molecule has 1 saturated heterocycles. The number of aromatic nitrogens is 2. The van der Waals surface area contributed by atoms with E-state index in [9.17, 15) is 18.8 Å². The summed E-state index contributed by atoms with van der Waals surface area (Å²) in [4.78, 5) is 49.1. The molecular weight excluding hydrogens is 411 g/mol. The number of nitrogens with zero attached hydrogens (tertiary/aromatic N) is 3. The Labute approximate surface area is 186 Å². The Balaban J connectivity index is 1.54. The molecule has 2 amide bonds. The van der Waals surface area contributed by atoms with Gasteiger partial charge in [-0.05, 0) is 43.7 Å². The number of piperidine rings is 1. The predicted molar refractivity (Wildman–Crippen MR) is 117 cm³/mol. The van der Waals surface area contributed by atoms with Gasteiger partial charge >= 0.3 is 0 Å². The molecule has 1 aromatic heterocycles. The maximum absolute atomic E-state index is 13.9. The average Bonchev–Trinajstić information content (AvgIpc) is 2.82. The Morgan fingerprint density at radius 1 is 1.19 bits per heavy atom. The van der Waals surface area contributed by atoms with E-state index < -0.39 is 0 Å². The third kappa shape index (κ3) is 4.59. The number of amides is 2. The molecule has 0 spiro atoms. The van der Waals surface area contributed by atoms with Crippen LogP contribution in [0.4, 0.5) is 4.39 Å². The van der Waals surface area contributed by atoms with Gasteiger partial charge in [0.25, 0.3) is 5.56 Å². The molecule has 7 nitrogen and oxygen atoms in total. The number of nitrogens with one attached hydrogen (secondary N) is 1. The highest BCUT2D eigenvalue weighted by Crippen LogP contribution is 2.30. The molecule has 32 heavy (non-hydrogen) atoms. The second-order valence-electron chi connectivity index (χ2n) is 8.49. The highest BCUT2D eigenvalue weighted by molar-refractivity contribution is 5.77. The molecule has 0 saturated carbocycles. The normalized spacial score (nSPS) is 18.4. The number of carbonyl (C=O) groups excluding carboxylic acids is 2. The van der Waals surface area contributed by atoms with Crippen molar-refractivity contribution in [2.24, 2.45) is 0 Å². The van der Waals surface area contributed by atoms with Crippen LogP contribution in [0.1, 0.15) is 67.7 Å². The zero-order valence-electron chi connectivity index (χ0n) is 18.4. The molecule has 0 radical (unpaired) electrons. The van der Waals surface area contributed by atoms with E-state index in [-0.39, 0.29) is 35.7 Å². The van der Waals surface area contributed by atoms with Crippen LogP contribution in [-0.4, -0.2) is 44.7 Å². The number of likely N-dealkylation sites (tertiary alicyclic amines) is 1. The van der Waals surface area contributed by atoms with Crippen LogP contribution in [0.2, 0.25) is 0 Å². The molecule has 1 fully saturated rings. The van der Waals surface area contributed by atoms with Gasteiger partial charge in [-0.15, -0.1) is 0 Å². The van der Waals surface area contributed by atoms with Gasteiger partial charge in [0.05, 0.1) is 18.3 Å². The van der Waals surface area contributed by atoms with Gasteiger partial charge in [0.1, 0.15) is 11.6 Å². The highest BCUT2D eigenvalue weighted by Gasteiger charge is 2.31. The molecule has 2 aliphatic heterocycles. The van der Waals surface area contributed by atoms with Gasteiger partial charge in [0.2, 0.25) is 11.8 Å². The maximum atomic E-state index is 13.9. The van der Waals surface area contributed by atoms with Gasteiger partial charge in [0, 0.05) is 31.5 Å². The van der Waals surface area contributed by atoms with Crippen molar-refractivity contribution in [2.75, 3.05) is 13.1 Å². The summed E-state index contributed by atoms with van der Waals surface area (Å²) >= 11 is 0. The van der Waals surface area contributed by atoms with Gasteiger partial charge in [-0.2, -0.15) is 0 Å². The van der Waals surface area contributed by atoms with E-state index in [1.54, 1.807) is 28.0 Å². The van der Waals surface area contributed by atoms with Crippen LogP contribution in [0.3, 0.4) is 0 Å². The van der Waals surface area contributed by atoms with E-state index in [4.69, 9.17) is 4.98 Å².